The molecule has 0 fully saturated rings. The molecular formula is C21H28N2O6S. The number of carbonyl (C=O) groups excluding carboxylic acids is 1. The van der Waals surface area contributed by atoms with E-state index < -0.39 is 15.9 Å². The number of anilines is 1. The molecule has 2 rings (SSSR count). The molecule has 0 unspecified atom stereocenters. The maximum absolute atomic E-state index is 12.9. The largest absolute Gasteiger partial charge is 0.497 e. The molecule has 0 saturated heterocycles. The summed E-state index contributed by atoms with van der Waals surface area (Å²) in [5.41, 5.74) is 1.44. The predicted molar refractivity (Wildman–Crippen MR) is 116 cm³/mol. The fourth-order valence-corrected chi connectivity index (χ4v) is 3.70. The number of rotatable bonds is 10. The van der Waals surface area contributed by atoms with E-state index in [2.05, 4.69) is 5.32 Å². The van der Waals surface area contributed by atoms with Crippen LogP contribution in [0.5, 0.6) is 17.2 Å². The van der Waals surface area contributed by atoms with E-state index in [1.54, 1.807) is 14.0 Å². The lowest BCUT2D eigenvalue weighted by Gasteiger charge is -2.23. The summed E-state index contributed by atoms with van der Waals surface area (Å²) < 4.78 is 41.6. The van der Waals surface area contributed by atoms with Crippen LogP contribution in [0.25, 0.3) is 0 Å². The van der Waals surface area contributed by atoms with Crippen LogP contribution in [0.15, 0.2) is 36.4 Å². The van der Waals surface area contributed by atoms with Gasteiger partial charge in [-0.15, -0.1) is 0 Å². The molecule has 2 aromatic rings. The van der Waals surface area contributed by atoms with Crippen molar-refractivity contribution in [2.24, 2.45) is 0 Å². The molecule has 0 saturated carbocycles. The van der Waals surface area contributed by atoms with Crippen LogP contribution in [0.3, 0.4) is 0 Å². The number of benzene rings is 2. The molecule has 0 aliphatic carbocycles. The zero-order valence-corrected chi connectivity index (χ0v) is 18.7. The molecule has 9 heteroatoms. The van der Waals surface area contributed by atoms with Crippen molar-refractivity contribution in [1.29, 1.82) is 0 Å². The van der Waals surface area contributed by atoms with Crippen LogP contribution < -0.4 is 23.8 Å². The van der Waals surface area contributed by atoms with Crippen molar-refractivity contribution in [3.05, 3.63) is 47.5 Å². The SMILES string of the molecule is CCS(=O)(=O)N(C)c1cc(OC)c(OC)cc1C(=O)NCCc1ccc(OC)cc1. The van der Waals surface area contributed by atoms with Crippen LogP contribution in [0.2, 0.25) is 0 Å². The molecule has 0 radical (unpaired) electrons. The molecule has 0 atom stereocenters. The van der Waals surface area contributed by atoms with Gasteiger partial charge in [-0.1, -0.05) is 12.1 Å². The van der Waals surface area contributed by atoms with Crippen molar-refractivity contribution in [3.63, 3.8) is 0 Å². The molecule has 1 N–H and O–H groups in total. The maximum Gasteiger partial charge on any atom is 0.253 e. The first-order valence-electron chi connectivity index (χ1n) is 9.41. The Kier molecular flexibility index (Phi) is 7.93. The van der Waals surface area contributed by atoms with Crippen LogP contribution in [0.4, 0.5) is 5.69 Å². The van der Waals surface area contributed by atoms with Gasteiger partial charge in [0.15, 0.2) is 11.5 Å². The quantitative estimate of drug-likeness (QED) is 0.615. The Labute approximate surface area is 177 Å². The number of methoxy groups -OCH3 is 3. The monoisotopic (exact) mass is 436 g/mol. The Morgan fingerprint density at radius 1 is 1.00 bits per heavy atom. The van der Waals surface area contributed by atoms with Gasteiger partial charge < -0.3 is 19.5 Å². The number of sulfonamides is 1. The average molecular weight is 437 g/mol. The van der Waals surface area contributed by atoms with Crippen LogP contribution in [0, 0.1) is 0 Å². The molecule has 0 aromatic heterocycles. The summed E-state index contributed by atoms with van der Waals surface area (Å²) in [7, 11) is 2.34. The molecule has 2 aromatic carbocycles. The number of ether oxygens (including phenoxy) is 3. The summed E-state index contributed by atoms with van der Waals surface area (Å²) in [4.78, 5) is 12.9. The Balaban J connectivity index is 2.27. The lowest BCUT2D eigenvalue weighted by molar-refractivity contribution is 0.0954. The summed E-state index contributed by atoms with van der Waals surface area (Å²) in [6.07, 6.45) is 0.613. The number of hydrogen-bond donors (Lipinski definition) is 1. The summed E-state index contributed by atoms with van der Waals surface area (Å²) in [5.74, 6) is 0.927. The Morgan fingerprint density at radius 2 is 1.60 bits per heavy atom. The van der Waals surface area contributed by atoms with Gasteiger partial charge in [-0.3, -0.25) is 9.10 Å². The van der Waals surface area contributed by atoms with E-state index in [1.807, 2.05) is 24.3 Å². The van der Waals surface area contributed by atoms with Gasteiger partial charge in [0.25, 0.3) is 5.91 Å². The van der Waals surface area contributed by atoms with Crippen molar-refractivity contribution in [3.8, 4) is 17.2 Å². The zero-order valence-electron chi connectivity index (χ0n) is 17.9. The summed E-state index contributed by atoms with van der Waals surface area (Å²) in [5, 5.41) is 2.84. The minimum Gasteiger partial charge on any atom is -0.497 e. The Hall–Kier alpha value is -2.94. The van der Waals surface area contributed by atoms with Crippen LogP contribution in [-0.2, 0) is 16.4 Å². The minimum atomic E-state index is -3.58. The van der Waals surface area contributed by atoms with E-state index in [1.165, 1.54) is 33.4 Å². The van der Waals surface area contributed by atoms with Gasteiger partial charge in [-0.2, -0.15) is 0 Å². The fourth-order valence-electron chi connectivity index (χ4n) is 2.86. The molecule has 30 heavy (non-hydrogen) atoms. The number of nitrogens with zero attached hydrogens (tertiary/aromatic N) is 1. The standard InChI is InChI=1S/C21H28N2O6S/c1-6-30(25,26)23(2)18-14-20(29-5)19(28-4)13-17(18)21(24)22-12-11-15-7-9-16(27-3)10-8-15/h7-10,13-14H,6,11-12H2,1-5H3,(H,22,24). The lowest BCUT2D eigenvalue weighted by Crippen LogP contribution is -2.32. The number of nitrogens with one attached hydrogen (secondary N) is 1. The maximum atomic E-state index is 12.9. The van der Waals surface area contributed by atoms with Gasteiger partial charge in [-0.25, -0.2) is 8.42 Å². The molecule has 0 aliphatic rings. The molecule has 0 spiro atoms. The van der Waals surface area contributed by atoms with E-state index in [9.17, 15) is 13.2 Å². The zero-order chi connectivity index (χ0) is 22.3. The summed E-state index contributed by atoms with van der Waals surface area (Å²) in [6.45, 7) is 1.92. The number of hydrogen-bond acceptors (Lipinski definition) is 6. The van der Waals surface area contributed by atoms with Crippen molar-refractivity contribution >= 4 is 21.6 Å². The van der Waals surface area contributed by atoms with E-state index in [0.717, 1.165) is 15.6 Å². The van der Waals surface area contributed by atoms with Crippen LogP contribution in [0.1, 0.15) is 22.8 Å². The van der Waals surface area contributed by atoms with Crippen LogP contribution >= 0.6 is 0 Å². The average Bonchev–Trinajstić information content (AvgIpc) is 2.77. The van der Waals surface area contributed by atoms with E-state index >= 15 is 0 Å². The van der Waals surface area contributed by atoms with E-state index in [-0.39, 0.29) is 17.0 Å². The van der Waals surface area contributed by atoms with Crippen LogP contribution in [-0.4, -0.2) is 55.0 Å². The second kappa shape index (κ2) is 10.2. The predicted octanol–water partition coefficient (Wildman–Crippen LogP) is 2.47. The van der Waals surface area contributed by atoms with E-state index in [0.29, 0.717) is 24.5 Å². The van der Waals surface area contributed by atoms with Crippen molar-refractivity contribution in [1.82, 2.24) is 5.32 Å². The van der Waals surface area contributed by atoms with Gasteiger partial charge in [-0.05, 0) is 37.1 Å². The summed E-state index contributed by atoms with van der Waals surface area (Å²) >= 11 is 0. The third-order valence-electron chi connectivity index (χ3n) is 4.73. The molecule has 0 bridgehead atoms. The van der Waals surface area contributed by atoms with Gasteiger partial charge in [0, 0.05) is 19.7 Å². The molecule has 0 aliphatic heterocycles. The van der Waals surface area contributed by atoms with E-state index in [4.69, 9.17) is 14.2 Å². The smallest absolute Gasteiger partial charge is 0.253 e. The third kappa shape index (κ3) is 5.35. The number of carbonyl (C=O) groups is 1. The first-order chi connectivity index (χ1) is 14.3. The third-order valence-corrected chi connectivity index (χ3v) is 6.49. The topological polar surface area (TPSA) is 94.2 Å². The fraction of sp³-hybridized carbons (Fsp3) is 0.381. The van der Waals surface area contributed by atoms with Crippen molar-refractivity contribution in [2.45, 2.75) is 13.3 Å². The molecule has 164 valence electrons. The first-order valence-corrected chi connectivity index (χ1v) is 11.0. The van der Waals surface area contributed by atoms with Gasteiger partial charge in [0.1, 0.15) is 5.75 Å². The van der Waals surface area contributed by atoms with Crippen molar-refractivity contribution in [2.75, 3.05) is 45.0 Å². The summed E-state index contributed by atoms with van der Waals surface area (Å²) in [6, 6.07) is 10.5. The highest BCUT2D eigenvalue weighted by atomic mass is 32.2. The number of amides is 1. The second-order valence-corrected chi connectivity index (χ2v) is 8.74. The highest BCUT2D eigenvalue weighted by molar-refractivity contribution is 7.92. The highest BCUT2D eigenvalue weighted by Crippen LogP contribution is 2.35. The lowest BCUT2D eigenvalue weighted by atomic mass is 10.1. The molecule has 1 amide bonds. The van der Waals surface area contributed by atoms with Gasteiger partial charge in [0.2, 0.25) is 10.0 Å². The van der Waals surface area contributed by atoms with Gasteiger partial charge in [0.05, 0.1) is 38.3 Å². The normalized spacial score (nSPS) is 11.0. The molecule has 8 nitrogen and oxygen atoms in total. The second-order valence-electron chi connectivity index (χ2n) is 6.45. The Morgan fingerprint density at radius 3 is 2.13 bits per heavy atom. The van der Waals surface area contributed by atoms with Crippen molar-refractivity contribution < 1.29 is 27.4 Å². The Bertz CT molecular complexity index is 974. The highest BCUT2D eigenvalue weighted by Gasteiger charge is 2.24. The van der Waals surface area contributed by atoms with Gasteiger partial charge >= 0.3 is 0 Å². The molecule has 0 heterocycles. The first kappa shape index (κ1) is 23.3. The minimum absolute atomic E-state index is 0.101. The molecular weight excluding hydrogens is 408 g/mol.